The maximum atomic E-state index is 13.7. The van der Waals surface area contributed by atoms with E-state index in [0.29, 0.717) is 38.8 Å². The molecule has 2 aliphatic rings. The van der Waals surface area contributed by atoms with E-state index in [1.54, 1.807) is 56.0 Å². The summed E-state index contributed by atoms with van der Waals surface area (Å²) in [6.45, 7) is 5.56. The number of hydrogen-bond acceptors (Lipinski definition) is 7. The van der Waals surface area contributed by atoms with Gasteiger partial charge in [-0.15, -0.1) is 0 Å². The molecule has 2 amide bonds. The number of likely N-dealkylation sites (tertiary alicyclic amines) is 1. The second-order valence-electron chi connectivity index (χ2n) is 11.4. The van der Waals surface area contributed by atoms with Crippen LogP contribution in [0.1, 0.15) is 58.1 Å². The van der Waals surface area contributed by atoms with Crippen LogP contribution in [0.4, 0.5) is 4.79 Å². The number of ether oxygens (including phenoxy) is 1. The van der Waals surface area contributed by atoms with E-state index in [-0.39, 0.29) is 23.4 Å². The van der Waals surface area contributed by atoms with E-state index in [4.69, 9.17) is 4.74 Å². The first-order valence-electron chi connectivity index (χ1n) is 13.7. The Morgan fingerprint density at radius 2 is 1.44 bits per heavy atom. The SMILES string of the molecule is CC(C)(C)OC(=O)NS(=O)(=O)NC1CCN(C(=O)[C@@H]2CC[C@H](c3ccccc3)N(S(=O)(=O)c3ccccc3)C2)CC1. The van der Waals surface area contributed by atoms with Crippen molar-refractivity contribution >= 4 is 32.2 Å². The Morgan fingerprint density at radius 3 is 2.02 bits per heavy atom. The van der Waals surface area contributed by atoms with Crippen LogP contribution in [0.2, 0.25) is 0 Å². The van der Waals surface area contributed by atoms with Gasteiger partial charge >= 0.3 is 16.3 Å². The Bertz CT molecular complexity index is 1420. The molecule has 0 spiro atoms. The highest BCUT2D eigenvalue weighted by molar-refractivity contribution is 7.89. The number of nitrogens with zero attached hydrogens (tertiary/aromatic N) is 2. The Morgan fingerprint density at radius 1 is 0.854 bits per heavy atom. The van der Waals surface area contributed by atoms with Gasteiger partial charge in [-0.05, 0) is 64.2 Å². The molecule has 2 fully saturated rings. The van der Waals surface area contributed by atoms with E-state index in [0.717, 1.165) is 5.56 Å². The van der Waals surface area contributed by atoms with E-state index in [1.165, 1.54) is 4.31 Å². The van der Waals surface area contributed by atoms with Crippen molar-refractivity contribution < 1.29 is 31.2 Å². The normalized spacial score (nSPS) is 21.3. The molecule has 2 aromatic rings. The Balaban J connectivity index is 1.40. The molecule has 41 heavy (non-hydrogen) atoms. The predicted molar refractivity (Wildman–Crippen MR) is 153 cm³/mol. The molecule has 0 aliphatic carbocycles. The monoisotopic (exact) mass is 606 g/mol. The summed E-state index contributed by atoms with van der Waals surface area (Å²) < 4.78 is 63.0. The summed E-state index contributed by atoms with van der Waals surface area (Å²) in [6.07, 6.45) is 0.669. The molecule has 0 saturated carbocycles. The molecule has 2 atom stereocenters. The van der Waals surface area contributed by atoms with Gasteiger partial charge in [0.15, 0.2) is 0 Å². The topological polar surface area (TPSA) is 142 Å². The maximum absolute atomic E-state index is 13.7. The third-order valence-corrected chi connectivity index (χ3v) is 10.1. The minimum absolute atomic E-state index is 0.0575. The average Bonchev–Trinajstić information content (AvgIpc) is 2.92. The molecule has 4 rings (SSSR count). The van der Waals surface area contributed by atoms with Crippen molar-refractivity contribution in [1.29, 1.82) is 0 Å². The molecule has 13 heteroatoms. The van der Waals surface area contributed by atoms with Crippen LogP contribution in [0.15, 0.2) is 65.6 Å². The van der Waals surface area contributed by atoms with E-state index >= 15 is 0 Å². The van der Waals surface area contributed by atoms with Crippen molar-refractivity contribution in [3.8, 4) is 0 Å². The summed E-state index contributed by atoms with van der Waals surface area (Å²) in [7, 11) is -8.01. The fourth-order valence-corrected chi connectivity index (χ4v) is 7.98. The summed E-state index contributed by atoms with van der Waals surface area (Å²) >= 11 is 0. The molecule has 2 aromatic carbocycles. The minimum Gasteiger partial charge on any atom is -0.443 e. The molecule has 2 N–H and O–H groups in total. The van der Waals surface area contributed by atoms with Crippen molar-refractivity contribution in [1.82, 2.24) is 18.6 Å². The number of nitrogens with one attached hydrogen (secondary N) is 2. The largest absolute Gasteiger partial charge is 0.443 e. The van der Waals surface area contributed by atoms with Crippen molar-refractivity contribution in [2.24, 2.45) is 5.92 Å². The van der Waals surface area contributed by atoms with E-state index in [2.05, 4.69) is 4.72 Å². The summed E-state index contributed by atoms with van der Waals surface area (Å²) in [6, 6.07) is 16.8. The quantitative estimate of drug-likeness (QED) is 0.493. The highest BCUT2D eigenvalue weighted by Crippen LogP contribution is 2.38. The molecule has 0 unspecified atom stereocenters. The molecule has 224 valence electrons. The lowest BCUT2D eigenvalue weighted by Crippen LogP contribution is -2.53. The molecule has 2 saturated heterocycles. The zero-order valence-electron chi connectivity index (χ0n) is 23.5. The van der Waals surface area contributed by atoms with Crippen LogP contribution < -0.4 is 9.44 Å². The number of benzene rings is 2. The lowest BCUT2D eigenvalue weighted by molar-refractivity contribution is -0.138. The summed E-state index contributed by atoms with van der Waals surface area (Å²) in [5, 5.41) is 0. The van der Waals surface area contributed by atoms with Gasteiger partial charge in [-0.1, -0.05) is 48.5 Å². The first-order valence-corrected chi connectivity index (χ1v) is 16.6. The summed E-state index contributed by atoms with van der Waals surface area (Å²) in [5.41, 5.74) is 0.0349. The van der Waals surface area contributed by atoms with Gasteiger partial charge in [0.25, 0.3) is 0 Å². The summed E-state index contributed by atoms with van der Waals surface area (Å²) in [4.78, 5) is 27.3. The van der Waals surface area contributed by atoms with Crippen LogP contribution in [0, 0.1) is 5.92 Å². The Kier molecular flexibility index (Phi) is 9.42. The zero-order chi connectivity index (χ0) is 29.8. The zero-order valence-corrected chi connectivity index (χ0v) is 25.2. The molecule has 0 aromatic heterocycles. The highest BCUT2D eigenvalue weighted by atomic mass is 32.2. The number of carbonyl (C=O) groups excluding carboxylic acids is 2. The van der Waals surface area contributed by atoms with Crippen LogP contribution in [0.3, 0.4) is 0 Å². The predicted octanol–water partition coefficient (Wildman–Crippen LogP) is 3.18. The van der Waals surface area contributed by atoms with E-state index < -0.39 is 43.9 Å². The number of piperidine rings is 2. The number of hydrogen-bond donors (Lipinski definition) is 2. The molecular weight excluding hydrogens is 568 g/mol. The third-order valence-electron chi connectivity index (χ3n) is 7.16. The van der Waals surface area contributed by atoms with Gasteiger partial charge < -0.3 is 9.64 Å². The first-order chi connectivity index (χ1) is 19.2. The molecule has 0 radical (unpaired) electrons. The number of rotatable bonds is 7. The Labute approximate surface area is 242 Å². The van der Waals surface area contributed by atoms with Gasteiger partial charge in [0.1, 0.15) is 5.60 Å². The van der Waals surface area contributed by atoms with Gasteiger partial charge in [0.05, 0.1) is 16.9 Å². The smallest absolute Gasteiger partial charge is 0.422 e. The minimum atomic E-state index is -4.14. The second kappa shape index (κ2) is 12.5. The number of sulfonamides is 1. The standard InChI is InChI=1S/C28H38N4O7S2/c1-28(2,3)39-27(34)30-41(37,38)29-23-16-18-31(19-17-23)26(33)22-14-15-25(21-10-6-4-7-11-21)32(20-22)40(35,36)24-12-8-5-9-13-24/h4-13,22-23,25,29H,14-20H2,1-3H3,(H,30,34)/t22-,25-/m1/s1. The highest BCUT2D eigenvalue weighted by Gasteiger charge is 2.41. The van der Waals surface area contributed by atoms with Crippen LogP contribution in [-0.4, -0.2) is 69.3 Å². The first kappa shape index (κ1) is 30.9. The van der Waals surface area contributed by atoms with E-state index in [1.807, 2.05) is 35.1 Å². The molecule has 2 aliphatic heterocycles. The van der Waals surface area contributed by atoms with Crippen LogP contribution >= 0.6 is 0 Å². The van der Waals surface area contributed by atoms with Crippen LogP contribution in [0.5, 0.6) is 0 Å². The lowest BCUT2D eigenvalue weighted by Gasteiger charge is -2.41. The summed E-state index contributed by atoms with van der Waals surface area (Å²) in [5.74, 6) is -0.659. The molecule has 2 heterocycles. The van der Waals surface area contributed by atoms with Gasteiger partial charge in [0.2, 0.25) is 15.9 Å². The van der Waals surface area contributed by atoms with Crippen molar-refractivity contribution in [3.05, 3.63) is 66.2 Å². The third kappa shape index (κ3) is 8.06. The van der Waals surface area contributed by atoms with Gasteiger partial charge in [-0.25, -0.2) is 17.9 Å². The van der Waals surface area contributed by atoms with E-state index in [9.17, 15) is 26.4 Å². The molecule has 11 nitrogen and oxygen atoms in total. The Hall–Kier alpha value is -3.00. The van der Waals surface area contributed by atoms with Crippen LogP contribution in [0.25, 0.3) is 0 Å². The molecular formula is C28H38N4O7S2. The van der Waals surface area contributed by atoms with Crippen molar-refractivity contribution in [3.63, 3.8) is 0 Å². The lowest BCUT2D eigenvalue weighted by atomic mass is 9.89. The number of amides is 2. The van der Waals surface area contributed by atoms with Gasteiger partial charge in [-0.2, -0.15) is 17.4 Å². The van der Waals surface area contributed by atoms with Gasteiger partial charge in [0, 0.05) is 25.7 Å². The van der Waals surface area contributed by atoms with Crippen molar-refractivity contribution in [2.75, 3.05) is 19.6 Å². The molecule has 0 bridgehead atoms. The van der Waals surface area contributed by atoms with Gasteiger partial charge in [-0.3, -0.25) is 4.79 Å². The fourth-order valence-electron chi connectivity index (χ4n) is 5.28. The fraction of sp³-hybridized carbons (Fsp3) is 0.500. The maximum Gasteiger partial charge on any atom is 0.422 e. The second-order valence-corrected chi connectivity index (χ2v) is 14.8. The van der Waals surface area contributed by atoms with Crippen molar-refractivity contribution in [2.45, 2.75) is 69.0 Å². The average molecular weight is 607 g/mol. The number of carbonyl (C=O) groups is 2. The van der Waals surface area contributed by atoms with Crippen LogP contribution in [-0.2, 0) is 29.8 Å².